The highest BCUT2D eigenvalue weighted by atomic mass is 79.9. The van der Waals surface area contributed by atoms with E-state index < -0.39 is 0 Å². The number of rotatable bonds is 5. The molecule has 0 aliphatic rings. The molecule has 0 spiro atoms. The van der Waals surface area contributed by atoms with Gasteiger partial charge in [0.05, 0.1) is 10.7 Å². The van der Waals surface area contributed by atoms with Crippen molar-refractivity contribution in [3.05, 3.63) is 44.3 Å². The fourth-order valence-corrected chi connectivity index (χ4v) is 2.67. The van der Waals surface area contributed by atoms with Gasteiger partial charge in [0.1, 0.15) is 12.4 Å². The lowest BCUT2D eigenvalue weighted by molar-refractivity contribution is 0.301. The van der Waals surface area contributed by atoms with E-state index in [0.717, 1.165) is 32.9 Å². The number of ether oxygens (including phenoxy) is 1. The van der Waals surface area contributed by atoms with E-state index in [1.54, 1.807) is 11.3 Å². The van der Waals surface area contributed by atoms with Gasteiger partial charge in [-0.25, -0.2) is 4.98 Å². The van der Waals surface area contributed by atoms with E-state index in [9.17, 15) is 0 Å². The van der Waals surface area contributed by atoms with Crippen LogP contribution >= 0.6 is 27.3 Å². The smallest absolute Gasteiger partial charge is 0.131 e. The van der Waals surface area contributed by atoms with Crippen LogP contribution in [0.1, 0.15) is 23.2 Å². The maximum absolute atomic E-state index is 5.72. The van der Waals surface area contributed by atoms with Crippen molar-refractivity contribution in [1.82, 2.24) is 4.98 Å². The normalized spacial score (nSPS) is 10.6. The molecule has 2 rings (SSSR count). The van der Waals surface area contributed by atoms with Crippen LogP contribution in [0.25, 0.3) is 0 Å². The molecule has 0 radical (unpaired) electrons. The third kappa shape index (κ3) is 3.31. The van der Waals surface area contributed by atoms with Crippen molar-refractivity contribution in [3.63, 3.8) is 0 Å². The summed E-state index contributed by atoms with van der Waals surface area (Å²) in [5, 5.41) is 3.19. The molecule has 0 bridgehead atoms. The first-order valence-corrected chi connectivity index (χ1v) is 7.44. The number of nitrogens with two attached hydrogens (primary N) is 1. The van der Waals surface area contributed by atoms with E-state index in [1.807, 2.05) is 23.6 Å². The molecule has 0 amide bonds. The Kier molecular flexibility index (Phi) is 4.74. The Bertz CT molecular complexity index is 527. The number of hydrogen-bond donors (Lipinski definition) is 1. The Morgan fingerprint density at radius 3 is 2.94 bits per heavy atom. The van der Waals surface area contributed by atoms with E-state index in [2.05, 4.69) is 27.8 Å². The monoisotopic (exact) mass is 326 g/mol. The summed E-state index contributed by atoms with van der Waals surface area (Å²) in [6.45, 7) is 3.10. The van der Waals surface area contributed by atoms with Crippen molar-refractivity contribution in [2.75, 3.05) is 0 Å². The first kappa shape index (κ1) is 13.5. The predicted molar refractivity (Wildman–Crippen MR) is 77.9 cm³/mol. The van der Waals surface area contributed by atoms with Gasteiger partial charge in [0.15, 0.2) is 0 Å². The van der Waals surface area contributed by atoms with Crippen molar-refractivity contribution >= 4 is 27.3 Å². The van der Waals surface area contributed by atoms with Crippen LogP contribution in [-0.4, -0.2) is 4.98 Å². The molecule has 1 aromatic carbocycles. The third-order valence-corrected chi connectivity index (χ3v) is 4.34. The number of nitrogens with zero attached hydrogens (tertiary/aromatic N) is 1. The molecule has 5 heteroatoms. The van der Waals surface area contributed by atoms with Gasteiger partial charge in [-0.15, -0.1) is 11.3 Å². The molecule has 0 fully saturated rings. The molecule has 1 aromatic heterocycles. The highest BCUT2D eigenvalue weighted by Crippen LogP contribution is 2.23. The van der Waals surface area contributed by atoms with Crippen LogP contribution in [0.5, 0.6) is 5.75 Å². The average molecular weight is 327 g/mol. The van der Waals surface area contributed by atoms with Gasteiger partial charge in [-0.1, -0.05) is 22.9 Å². The third-order valence-electron chi connectivity index (χ3n) is 2.53. The van der Waals surface area contributed by atoms with Crippen molar-refractivity contribution in [2.24, 2.45) is 5.73 Å². The lowest BCUT2D eigenvalue weighted by atomic mass is 10.2. The first-order valence-electron chi connectivity index (χ1n) is 5.77. The number of halogens is 1. The predicted octanol–water partition coefficient (Wildman–Crippen LogP) is 3.51. The highest BCUT2D eigenvalue weighted by Gasteiger charge is 2.04. The molecule has 3 nitrogen and oxygen atoms in total. The molecular weight excluding hydrogens is 312 g/mol. The van der Waals surface area contributed by atoms with Crippen molar-refractivity contribution in [3.8, 4) is 5.75 Å². The van der Waals surface area contributed by atoms with Gasteiger partial charge >= 0.3 is 0 Å². The van der Waals surface area contributed by atoms with Crippen molar-refractivity contribution in [1.29, 1.82) is 0 Å². The van der Waals surface area contributed by atoms with E-state index in [4.69, 9.17) is 10.5 Å². The first-order chi connectivity index (χ1) is 8.72. The summed E-state index contributed by atoms with van der Waals surface area (Å²) in [6, 6.07) is 5.84. The average Bonchev–Trinajstić information content (AvgIpc) is 2.86. The second-order valence-corrected chi connectivity index (χ2v) is 5.63. The maximum Gasteiger partial charge on any atom is 0.131 e. The van der Waals surface area contributed by atoms with Crippen molar-refractivity contribution in [2.45, 2.75) is 26.5 Å². The van der Waals surface area contributed by atoms with Gasteiger partial charge in [-0.3, -0.25) is 0 Å². The second-order valence-electron chi connectivity index (χ2n) is 3.83. The van der Waals surface area contributed by atoms with Crippen LogP contribution in [0, 0.1) is 0 Å². The summed E-state index contributed by atoms with van der Waals surface area (Å²) in [5.74, 6) is 0.824. The number of benzene rings is 1. The van der Waals surface area contributed by atoms with Crippen LogP contribution in [-0.2, 0) is 19.6 Å². The fourth-order valence-electron chi connectivity index (χ4n) is 1.53. The maximum atomic E-state index is 5.72. The van der Waals surface area contributed by atoms with Crippen LogP contribution < -0.4 is 10.5 Å². The summed E-state index contributed by atoms with van der Waals surface area (Å²) in [4.78, 5) is 4.46. The Morgan fingerprint density at radius 2 is 2.28 bits per heavy atom. The number of aryl methyl sites for hydroxylation is 1. The minimum absolute atomic E-state index is 0.495. The van der Waals surface area contributed by atoms with E-state index >= 15 is 0 Å². The zero-order chi connectivity index (χ0) is 13.0. The van der Waals surface area contributed by atoms with E-state index in [0.29, 0.717) is 13.2 Å². The van der Waals surface area contributed by atoms with Crippen LogP contribution in [0.3, 0.4) is 0 Å². The summed E-state index contributed by atoms with van der Waals surface area (Å²) in [6.07, 6.45) is 0.972. The van der Waals surface area contributed by atoms with Crippen molar-refractivity contribution < 1.29 is 4.74 Å². The molecule has 0 aliphatic carbocycles. The Balaban J connectivity index is 2.01. The molecule has 0 aliphatic heterocycles. The molecule has 2 aromatic rings. The second kappa shape index (κ2) is 6.31. The van der Waals surface area contributed by atoms with Gasteiger partial charge in [-0.05, 0) is 30.2 Å². The fraction of sp³-hybridized carbons (Fsp3) is 0.308. The van der Waals surface area contributed by atoms with Gasteiger partial charge in [0.2, 0.25) is 0 Å². The molecule has 0 saturated heterocycles. The van der Waals surface area contributed by atoms with E-state index in [1.165, 1.54) is 0 Å². The van der Waals surface area contributed by atoms with Gasteiger partial charge in [-0.2, -0.15) is 0 Å². The van der Waals surface area contributed by atoms with Crippen LogP contribution in [0.2, 0.25) is 0 Å². The number of thiazole rings is 1. The largest absolute Gasteiger partial charge is 0.487 e. The molecular formula is C13H15BrN2OS. The van der Waals surface area contributed by atoms with Gasteiger partial charge in [0.25, 0.3) is 0 Å². The van der Waals surface area contributed by atoms with Crippen LogP contribution in [0.4, 0.5) is 0 Å². The van der Waals surface area contributed by atoms with Gasteiger partial charge in [0, 0.05) is 16.4 Å². The zero-order valence-corrected chi connectivity index (χ0v) is 12.6. The minimum Gasteiger partial charge on any atom is -0.487 e. The summed E-state index contributed by atoms with van der Waals surface area (Å²) < 4.78 is 6.73. The summed E-state index contributed by atoms with van der Waals surface area (Å²) in [7, 11) is 0. The van der Waals surface area contributed by atoms with Crippen LogP contribution in [0.15, 0.2) is 28.1 Å². The van der Waals surface area contributed by atoms with E-state index in [-0.39, 0.29) is 0 Å². The molecule has 96 valence electrons. The molecule has 0 saturated carbocycles. The highest BCUT2D eigenvalue weighted by molar-refractivity contribution is 9.10. The quantitative estimate of drug-likeness (QED) is 0.914. The lowest BCUT2D eigenvalue weighted by Crippen LogP contribution is -2.00. The molecule has 1 heterocycles. The number of hydrogen-bond acceptors (Lipinski definition) is 4. The standard InChI is InChI=1S/C13H15BrN2OS/c1-2-13-16-10(8-18-13)7-17-11-3-4-12(14)9(5-11)6-15/h3-5,8H,2,6-7,15H2,1H3. The lowest BCUT2D eigenvalue weighted by Gasteiger charge is -2.07. The van der Waals surface area contributed by atoms with Gasteiger partial charge < -0.3 is 10.5 Å². The summed E-state index contributed by atoms with van der Waals surface area (Å²) in [5.41, 5.74) is 7.67. The topological polar surface area (TPSA) is 48.1 Å². The number of aromatic nitrogens is 1. The SMILES string of the molecule is CCc1nc(COc2ccc(Br)c(CN)c2)cs1. The molecule has 0 atom stereocenters. The minimum atomic E-state index is 0.495. The molecule has 0 unspecified atom stereocenters. The Morgan fingerprint density at radius 1 is 1.44 bits per heavy atom. The zero-order valence-electron chi connectivity index (χ0n) is 10.1. The Labute approximate surface area is 119 Å². The molecule has 2 N–H and O–H groups in total. The summed E-state index contributed by atoms with van der Waals surface area (Å²) >= 11 is 5.13. The molecule has 18 heavy (non-hydrogen) atoms. The Hall–Kier alpha value is -0.910.